The monoisotopic (exact) mass is 308 g/mol. The minimum atomic E-state index is -1.18. The van der Waals surface area contributed by atoms with Gasteiger partial charge in [-0.05, 0) is 30.9 Å². The molecule has 6 nitrogen and oxygen atoms in total. The molecule has 0 fully saturated rings. The fourth-order valence-corrected chi connectivity index (χ4v) is 2.07. The SMILES string of the molecule is CC[C@@H](CCCC(=O)O)COC(=O)c1ccccc1C(=O)O. The van der Waals surface area contributed by atoms with Gasteiger partial charge in [-0.15, -0.1) is 0 Å². The van der Waals surface area contributed by atoms with Crippen LogP contribution in [0.5, 0.6) is 0 Å². The van der Waals surface area contributed by atoms with E-state index in [1.807, 2.05) is 6.92 Å². The zero-order valence-corrected chi connectivity index (χ0v) is 12.4. The van der Waals surface area contributed by atoms with Gasteiger partial charge in [-0.1, -0.05) is 25.5 Å². The Balaban J connectivity index is 2.57. The number of ether oxygens (including phenoxy) is 1. The molecule has 1 atom stereocenters. The summed E-state index contributed by atoms with van der Waals surface area (Å²) >= 11 is 0. The van der Waals surface area contributed by atoms with Crippen molar-refractivity contribution in [1.29, 1.82) is 0 Å². The summed E-state index contributed by atoms with van der Waals surface area (Å²) in [5.41, 5.74) is -0.0678. The number of carboxylic acids is 2. The van der Waals surface area contributed by atoms with Crippen molar-refractivity contribution in [2.24, 2.45) is 5.92 Å². The van der Waals surface area contributed by atoms with Gasteiger partial charge in [0.1, 0.15) is 0 Å². The van der Waals surface area contributed by atoms with Gasteiger partial charge in [0, 0.05) is 6.42 Å². The van der Waals surface area contributed by atoms with E-state index < -0.39 is 17.9 Å². The molecule has 22 heavy (non-hydrogen) atoms. The lowest BCUT2D eigenvalue weighted by Gasteiger charge is -2.15. The molecule has 0 saturated carbocycles. The van der Waals surface area contributed by atoms with Crippen molar-refractivity contribution in [3.8, 4) is 0 Å². The van der Waals surface area contributed by atoms with Crippen LogP contribution < -0.4 is 0 Å². The van der Waals surface area contributed by atoms with Crippen LogP contribution in [-0.2, 0) is 9.53 Å². The maximum absolute atomic E-state index is 12.0. The van der Waals surface area contributed by atoms with Gasteiger partial charge in [-0.2, -0.15) is 0 Å². The third kappa shape index (κ3) is 5.55. The molecule has 6 heteroatoms. The fourth-order valence-electron chi connectivity index (χ4n) is 2.07. The molecule has 0 bridgehead atoms. The van der Waals surface area contributed by atoms with E-state index in [0.717, 1.165) is 6.42 Å². The Labute approximate surface area is 128 Å². The first-order valence-corrected chi connectivity index (χ1v) is 7.17. The van der Waals surface area contributed by atoms with E-state index in [2.05, 4.69) is 0 Å². The molecule has 0 spiro atoms. The second kappa shape index (κ2) is 8.81. The summed E-state index contributed by atoms with van der Waals surface area (Å²) in [6, 6.07) is 5.88. The molecule has 1 rings (SSSR count). The van der Waals surface area contributed by atoms with Gasteiger partial charge >= 0.3 is 17.9 Å². The van der Waals surface area contributed by atoms with Crippen LogP contribution >= 0.6 is 0 Å². The van der Waals surface area contributed by atoms with E-state index in [1.165, 1.54) is 12.1 Å². The summed E-state index contributed by atoms with van der Waals surface area (Å²) in [6.45, 7) is 2.09. The standard InChI is InChI=1S/C16H20O6/c1-2-11(6-5-9-14(17)18)10-22-16(21)13-8-4-3-7-12(13)15(19)20/h3-4,7-8,11H,2,5-6,9-10H2,1H3,(H,17,18)(H,19,20)/t11-/m0/s1. The summed E-state index contributed by atoms with van der Waals surface area (Å²) in [5.74, 6) is -2.63. The summed E-state index contributed by atoms with van der Waals surface area (Å²) in [7, 11) is 0. The van der Waals surface area contributed by atoms with Crippen LogP contribution in [0.1, 0.15) is 53.3 Å². The molecule has 0 amide bonds. The topological polar surface area (TPSA) is 101 Å². The number of carboxylic acid groups (broad SMARTS) is 2. The van der Waals surface area contributed by atoms with Gasteiger partial charge in [0.15, 0.2) is 0 Å². The van der Waals surface area contributed by atoms with Crippen molar-refractivity contribution >= 4 is 17.9 Å². The van der Waals surface area contributed by atoms with Crippen LogP contribution in [0.2, 0.25) is 0 Å². The van der Waals surface area contributed by atoms with E-state index in [9.17, 15) is 14.4 Å². The molecule has 0 saturated heterocycles. The highest BCUT2D eigenvalue weighted by Crippen LogP contribution is 2.16. The van der Waals surface area contributed by atoms with Gasteiger partial charge < -0.3 is 14.9 Å². The average Bonchev–Trinajstić information content (AvgIpc) is 2.49. The molecule has 0 aliphatic heterocycles. The number of hydrogen-bond acceptors (Lipinski definition) is 4. The Morgan fingerprint density at radius 3 is 2.32 bits per heavy atom. The Morgan fingerprint density at radius 2 is 1.77 bits per heavy atom. The van der Waals surface area contributed by atoms with Crippen LogP contribution in [0.3, 0.4) is 0 Å². The molecule has 0 aliphatic carbocycles. The van der Waals surface area contributed by atoms with Crippen molar-refractivity contribution in [1.82, 2.24) is 0 Å². The molecule has 1 aromatic rings. The van der Waals surface area contributed by atoms with Crippen molar-refractivity contribution in [2.75, 3.05) is 6.61 Å². The predicted octanol–water partition coefficient (Wildman–Crippen LogP) is 2.82. The Morgan fingerprint density at radius 1 is 1.14 bits per heavy atom. The van der Waals surface area contributed by atoms with Crippen molar-refractivity contribution < 1.29 is 29.3 Å². The zero-order valence-electron chi connectivity index (χ0n) is 12.4. The predicted molar refractivity (Wildman–Crippen MR) is 79.0 cm³/mol. The summed E-state index contributed by atoms with van der Waals surface area (Å²) < 4.78 is 5.18. The normalized spacial score (nSPS) is 11.7. The lowest BCUT2D eigenvalue weighted by atomic mass is 10.00. The Hall–Kier alpha value is -2.37. The second-order valence-electron chi connectivity index (χ2n) is 5.01. The molecule has 0 heterocycles. The number of aromatic carboxylic acids is 1. The fraction of sp³-hybridized carbons (Fsp3) is 0.438. The smallest absolute Gasteiger partial charge is 0.339 e. The summed E-state index contributed by atoms with van der Waals surface area (Å²) in [4.78, 5) is 33.5. The van der Waals surface area contributed by atoms with Crippen LogP contribution in [0.15, 0.2) is 24.3 Å². The molecular formula is C16H20O6. The molecule has 0 radical (unpaired) electrons. The van der Waals surface area contributed by atoms with Gasteiger partial charge in [0.2, 0.25) is 0 Å². The van der Waals surface area contributed by atoms with Crippen molar-refractivity contribution in [2.45, 2.75) is 32.6 Å². The van der Waals surface area contributed by atoms with Crippen molar-refractivity contribution in [3.63, 3.8) is 0 Å². The number of esters is 1. The van der Waals surface area contributed by atoms with Gasteiger partial charge in [-0.25, -0.2) is 9.59 Å². The van der Waals surface area contributed by atoms with Crippen LogP contribution in [0.4, 0.5) is 0 Å². The van der Waals surface area contributed by atoms with Gasteiger partial charge in [0.05, 0.1) is 17.7 Å². The summed E-state index contributed by atoms with van der Waals surface area (Å²) in [6.07, 6.45) is 2.02. The minimum absolute atomic E-state index is 0.0235. The number of aliphatic carboxylic acids is 1. The highest BCUT2D eigenvalue weighted by atomic mass is 16.5. The maximum atomic E-state index is 12.0. The number of carbonyl (C=O) groups is 3. The van der Waals surface area contributed by atoms with E-state index >= 15 is 0 Å². The first-order chi connectivity index (χ1) is 10.5. The number of benzene rings is 1. The molecule has 1 aromatic carbocycles. The van der Waals surface area contributed by atoms with Gasteiger partial charge in [0.25, 0.3) is 0 Å². The van der Waals surface area contributed by atoms with Crippen LogP contribution in [-0.4, -0.2) is 34.7 Å². The quantitative estimate of drug-likeness (QED) is 0.680. The third-order valence-electron chi connectivity index (χ3n) is 3.41. The molecule has 0 aliphatic rings. The Kier molecular flexibility index (Phi) is 7.08. The minimum Gasteiger partial charge on any atom is -0.481 e. The van der Waals surface area contributed by atoms with Gasteiger partial charge in [-0.3, -0.25) is 4.79 Å². The molecule has 2 N–H and O–H groups in total. The van der Waals surface area contributed by atoms with E-state index in [1.54, 1.807) is 12.1 Å². The highest BCUT2D eigenvalue weighted by molar-refractivity contribution is 6.02. The van der Waals surface area contributed by atoms with E-state index in [0.29, 0.717) is 12.8 Å². The highest BCUT2D eigenvalue weighted by Gasteiger charge is 2.18. The lowest BCUT2D eigenvalue weighted by molar-refractivity contribution is -0.137. The third-order valence-corrected chi connectivity index (χ3v) is 3.41. The van der Waals surface area contributed by atoms with E-state index in [4.69, 9.17) is 14.9 Å². The first kappa shape index (κ1) is 17.7. The molecule has 0 unspecified atom stereocenters. The Bertz CT molecular complexity index is 537. The van der Waals surface area contributed by atoms with E-state index in [-0.39, 0.29) is 30.1 Å². The van der Waals surface area contributed by atoms with Crippen molar-refractivity contribution in [3.05, 3.63) is 35.4 Å². The molecule has 120 valence electrons. The number of carbonyl (C=O) groups excluding carboxylic acids is 1. The molecule has 0 aromatic heterocycles. The maximum Gasteiger partial charge on any atom is 0.339 e. The second-order valence-corrected chi connectivity index (χ2v) is 5.01. The largest absolute Gasteiger partial charge is 0.481 e. The first-order valence-electron chi connectivity index (χ1n) is 7.17. The zero-order chi connectivity index (χ0) is 16.5. The average molecular weight is 308 g/mol. The number of hydrogen-bond donors (Lipinski definition) is 2. The molecular weight excluding hydrogens is 288 g/mol. The number of rotatable bonds is 9. The summed E-state index contributed by atoms with van der Waals surface area (Å²) in [5, 5.41) is 17.7. The van der Waals surface area contributed by atoms with Crippen LogP contribution in [0.25, 0.3) is 0 Å². The van der Waals surface area contributed by atoms with Crippen LogP contribution in [0, 0.1) is 5.92 Å². The lowest BCUT2D eigenvalue weighted by Crippen LogP contribution is -2.16.